The van der Waals surface area contributed by atoms with Crippen molar-refractivity contribution in [1.82, 2.24) is 28.9 Å². The number of aryl methyl sites for hydroxylation is 2. The highest BCUT2D eigenvalue weighted by Crippen LogP contribution is 2.10. The molecule has 2 aromatic rings. The molecule has 3 heterocycles. The van der Waals surface area contributed by atoms with Crippen molar-refractivity contribution in [3.8, 4) is 0 Å². The molecule has 1 aliphatic heterocycles. The summed E-state index contributed by atoms with van der Waals surface area (Å²) in [7, 11) is 3.24. The van der Waals surface area contributed by atoms with Crippen LogP contribution < -0.4 is 16.6 Å². The normalized spacial score (nSPS) is 20.6. The fourth-order valence-electron chi connectivity index (χ4n) is 3.17. The third-order valence-electron chi connectivity index (χ3n) is 4.85. The molecule has 10 heteroatoms. The molecule has 1 saturated heterocycles. The standard InChI is InChI=1S/C15H22N6O3.ClH/c1-9-10(2)20(6-5-16-9)11(22)7-21-14(23)12-13(17-8-18(12)3)19(4)15(21)24;/h8-10,16H,5-7H2,1-4H3;1H. The van der Waals surface area contributed by atoms with Gasteiger partial charge < -0.3 is 14.8 Å². The van der Waals surface area contributed by atoms with Gasteiger partial charge in [-0.15, -0.1) is 12.4 Å². The van der Waals surface area contributed by atoms with Crippen LogP contribution in [0.1, 0.15) is 13.8 Å². The van der Waals surface area contributed by atoms with Gasteiger partial charge in [0.05, 0.1) is 6.33 Å². The number of hydrogen-bond acceptors (Lipinski definition) is 5. The lowest BCUT2D eigenvalue weighted by Gasteiger charge is -2.38. The van der Waals surface area contributed by atoms with Gasteiger partial charge in [0.1, 0.15) is 6.54 Å². The largest absolute Gasteiger partial charge is 0.336 e. The number of aromatic nitrogens is 4. The topological polar surface area (TPSA) is 94.2 Å². The van der Waals surface area contributed by atoms with Crippen LogP contribution in [0.15, 0.2) is 15.9 Å². The minimum Gasteiger partial charge on any atom is -0.336 e. The van der Waals surface area contributed by atoms with Crippen molar-refractivity contribution >= 4 is 29.5 Å². The lowest BCUT2D eigenvalue weighted by Crippen LogP contribution is -2.58. The van der Waals surface area contributed by atoms with Gasteiger partial charge in [-0.1, -0.05) is 0 Å². The third kappa shape index (κ3) is 3.09. The molecule has 3 rings (SSSR count). The first-order valence-electron chi connectivity index (χ1n) is 7.96. The Bertz CT molecular complexity index is 914. The molecular formula is C15H23ClN6O3. The van der Waals surface area contributed by atoms with E-state index in [2.05, 4.69) is 10.3 Å². The van der Waals surface area contributed by atoms with E-state index in [0.29, 0.717) is 24.3 Å². The van der Waals surface area contributed by atoms with Crippen LogP contribution in [0, 0.1) is 0 Å². The van der Waals surface area contributed by atoms with Gasteiger partial charge in [0.15, 0.2) is 11.2 Å². The first-order valence-corrected chi connectivity index (χ1v) is 7.96. The highest BCUT2D eigenvalue weighted by Gasteiger charge is 2.29. The summed E-state index contributed by atoms with van der Waals surface area (Å²) in [5.74, 6) is -0.225. The highest BCUT2D eigenvalue weighted by molar-refractivity contribution is 5.85. The molecule has 2 unspecified atom stereocenters. The van der Waals surface area contributed by atoms with Gasteiger partial charge in [-0.3, -0.25) is 14.2 Å². The van der Waals surface area contributed by atoms with E-state index in [-0.39, 0.29) is 36.9 Å². The van der Waals surface area contributed by atoms with Crippen molar-refractivity contribution in [3.63, 3.8) is 0 Å². The molecular weight excluding hydrogens is 348 g/mol. The Hall–Kier alpha value is -2.13. The molecule has 25 heavy (non-hydrogen) atoms. The van der Waals surface area contributed by atoms with Crippen LogP contribution in [-0.2, 0) is 25.4 Å². The third-order valence-corrected chi connectivity index (χ3v) is 4.85. The van der Waals surface area contributed by atoms with E-state index in [4.69, 9.17) is 0 Å². The number of fused-ring (bicyclic) bond motifs is 1. The average molecular weight is 371 g/mol. The quantitative estimate of drug-likeness (QED) is 0.736. The van der Waals surface area contributed by atoms with E-state index in [9.17, 15) is 14.4 Å². The first kappa shape index (κ1) is 19.2. The molecule has 0 bridgehead atoms. The maximum absolute atomic E-state index is 12.7. The molecule has 0 spiro atoms. The van der Waals surface area contributed by atoms with Crippen LogP contribution in [0.2, 0.25) is 0 Å². The molecule has 0 aliphatic carbocycles. The molecule has 2 aromatic heterocycles. The number of carbonyl (C=O) groups excluding carboxylic acids is 1. The molecule has 1 fully saturated rings. The first-order chi connectivity index (χ1) is 11.3. The minimum absolute atomic E-state index is 0. The van der Waals surface area contributed by atoms with Crippen molar-refractivity contribution in [2.45, 2.75) is 32.5 Å². The maximum Gasteiger partial charge on any atom is 0.332 e. The summed E-state index contributed by atoms with van der Waals surface area (Å²) in [6.07, 6.45) is 1.48. The van der Waals surface area contributed by atoms with Crippen LogP contribution >= 0.6 is 12.4 Å². The predicted molar refractivity (Wildman–Crippen MR) is 96.1 cm³/mol. The number of piperazine rings is 1. The zero-order valence-corrected chi connectivity index (χ0v) is 15.5. The SMILES string of the molecule is CC1NCCN(C(=O)Cn2c(=O)c3c(ncn3C)n(C)c2=O)C1C.Cl. The molecule has 0 saturated carbocycles. The summed E-state index contributed by atoms with van der Waals surface area (Å²) in [6.45, 7) is 4.97. The Morgan fingerprint density at radius 2 is 2.00 bits per heavy atom. The van der Waals surface area contributed by atoms with Crippen LogP contribution in [0.4, 0.5) is 0 Å². The molecule has 1 aliphatic rings. The number of carbonyl (C=O) groups is 1. The molecule has 1 N–H and O–H groups in total. The van der Waals surface area contributed by atoms with Crippen LogP contribution in [-0.4, -0.2) is 54.7 Å². The monoisotopic (exact) mass is 370 g/mol. The van der Waals surface area contributed by atoms with Crippen molar-refractivity contribution in [1.29, 1.82) is 0 Å². The summed E-state index contributed by atoms with van der Waals surface area (Å²) in [6, 6.07) is 0.174. The van der Waals surface area contributed by atoms with E-state index in [0.717, 1.165) is 4.57 Å². The fourth-order valence-corrected chi connectivity index (χ4v) is 3.17. The number of hydrogen-bond donors (Lipinski definition) is 1. The van der Waals surface area contributed by atoms with Gasteiger partial charge in [0.25, 0.3) is 5.56 Å². The Labute approximate surface area is 150 Å². The average Bonchev–Trinajstić information content (AvgIpc) is 2.94. The number of nitrogens with zero attached hydrogens (tertiary/aromatic N) is 5. The molecule has 9 nitrogen and oxygen atoms in total. The summed E-state index contributed by atoms with van der Waals surface area (Å²) < 4.78 is 3.85. The molecule has 0 radical (unpaired) electrons. The second kappa shape index (κ2) is 7.01. The zero-order chi connectivity index (χ0) is 17.6. The molecule has 2 atom stereocenters. The van der Waals surface area contributed by atoms with E-state index in [1.807, 2.05) is 13.8 Å². The minimum atomic E-state index is -0.532. The predicted octanol–water partition coefficient (Wildman–Crippen LogP) is -0.936. The lowest BCUT2D eigenvalue weighted by atomic mass is 10.1. The fraction of sp³-hybridized carbons (Fsp3) is 0.600. The molecule has 138 valence electrons. The van der Waals surface area contributed by atoms with Gasteiger partial charge >= 0.3 is 5.69 Å². The number of amides is 1. The van der Waals surface area contributed by atoms with E-state index in [1.165, 1.54) is 10.9 Å². The molecule has 0 aromatic carbocycles. The smallest absolute Gasteiger partial charge is 0.332 e. The van der Waals surface area contributed by atoms with Crippen molar-refractivity contribution in [2.75, 3.05) is 13.1 Å². The van der Waals surface area contributed by atoms with E-state index < -0.39 is 11.2 Å². The van der Waals surface area contributed by atoms with Crippen LogP contribution in [0.3, 0.4) is 0 Å². The Morgan fingerprint density at radius 1 is 1.32 bits per heavy atom. The Kier molecular flexibility index (Phi) is 5.38. The second-order valence-electron chi connectivity index (χ2n) is 6.33. The Balaban J connectivity index is 0.00000225. The van der Waals surface area contributed by atoms with Gasteiger partial charge in [-0.25, -0.2) is 14.3 Å². The Morgan fingerprint density at radius 3 is 2.68 bits per heavy atom. The zero-order valence-electron chi connectivity index (χ0n) is 14.7. The van der Waals surface area contributed by atoms with Gasteiger partial charge in [0, 0.05) is 39.3 Å². The van der Waals surface area contributed by atoms with Crippen molar-refractivity contribution in [2.24, 2.45) is 14.1 Å². The van der Waals surface area contributed by atoms with Gasteiger partial charge in [0.2, 0.25) is 5.91 Å². The number of halogens is 1. The van der Waals surface area contributed by atoms with Crippen LogP contribution in [0.5, 0.6) is 0 Å². The van der Waals surface area contributed by atoms with Gasteiger partial charge in [-0.2, -0.15) is 0 Å². The maximum atomic E-state index is 12.7. The lowest BCUT2D eigenvalue weighted by molar-refractivity contribution is -0.135. The second-order valence-corrected chi connectivity index (χ2v) is 6.33. The van der Waals surface area contributed by atoms with Crippen molar-refractivity contribution in [3.05, 3.63) is 27.2 Å². The highest BCUT2D eigenvalue weighted by atomic mass is 35.5. The number of rotatable bonds is 2. The van der Waals surface area contributed by atoms with Crippen LogP contribution in [0.25, 0.3) is 11.2 Å². The molecule has 1 amide bonds. The number of imidazole rings is 1. The van der Waals surface area contributed by atoms with Crippen molar-refractivity contribution < 1.29 is 4.79 Å². The van der Waals surface area contributed by atoms with E-state index in [1.54, 1.807) is 23.6 Å². The number of nitrogens with one attached hydrogen (secondary N) is 1. The summed E-state index contributed by atoms with van der Waals surface area (Å²) in [5.41, 5.74) is -0.389. The van der Waals surface area contributed by atoms with E-state index >= 15 is 0 Å². The summed E-state index contributed by atoms with van der Waals surface area (Å²) >= 11 is 0. The van der Waals surface area contributed by atoms with Gasteiger partial charge in [-0.05, 0) is 13.8 Å². The summed E-state index contributed by atoms with van der Waals surface area (Å²) in [5, 5.41) is 3.30. The summed E-state index contributed by atoms with van der Waals surface area (Å²) in [4.78, 5) is 43.6.